The summed E-state index contributed by atoms with van der Waals surface area (Å²) in [6.07, 6.45) is 9.36. The highest BCUT2D eigenvalue weighted by molar-refractivity contribution is 5.45. The summed E-state index contributed by atoms with van der Waals surface area (Å²) in [7, 11) is 0. The molecular weight excluding hydrogens is 322 g/mol. The molecule has 3 nitrogen and oxygen atoms in total. The van der Waals surface area contributed by atoms with Crippen molar-refractivity contribution in [3.8, 4) is 5.75 Å². The lowest BCUT2D eigenvalue weighted by Gasteiger charge is -2.50. The largest absolute Gasteiger partial charge is 0.508 e. The highest BCUT2D eigenvalue weighted by Gasteiger charge is 2.54. The number of likely N-dealkylation sites (tertiary alicyclic amines) is 1. The molecule has 0 spiro atoms. The van der Waals surface area contributed by atoms with E-state index < -0.39 is 0 Å². The number of aliphatic hydroxyl groups is 1. The van der Waals surface area contributed by atoms with Gasteiger partial charge in [-0.1, -0.05) is 13.0 Å². The Morgan fingerprint density at radius 3 is 2.73 bits per heavy atom. The number of benzene rings is 1. The van der Waals surface area contributed by atoms with Crippen LogP contribution in [0, 0.1) is 17.3 Å². The van der Waals surface area contributed by atoms with E-state index in [0.29, 0.717) is 17.6 Å². The van der Waals surface area contributed by atoms with Gasteiger partial charge in [-0.2, -0.15) is 0 Å². The molecule has 1 saturated heterocycles. The van der Waals surface area contributed by atoms with E-state index in [2.05, 4.69) is 24.0 Å². The van der Waals surface area contributed by atoms with Crippen LogP contribution in [-0.4, -0.2) is 34.3 Å². The highest BCUT2D eigenvalue weighted by Crippen LogP contribution is 2.61. The van der Waals surface area contributed by atoms with Crippen LogP contribution in [0.4, 0.5) is 0 Å². The molecule has 3 fully saturated rings. The van der Waals surface area contributed by atoms with Crippen molar-refractivity contribution in [1.82, 2.24) is 4.90 Å². The van der Waals surface area contributed by atoms with Crippen molar-refractivity contribution in [2.75, 3.05) is 13.1 Å². The maximum absolute atomic E-state index is 10.6. The van der Waals surface area contributed by atoms with E-state index in [0.717, 1.165) is 37.3 Å². The summed E-state index contributed by atoms with van der Waals surface area (Å²) in [5.74, 6) is 2.55. The van der Waals surface area contributed by atoms with E-state index in [9.17, 15) is 10.2 Å². The second kappa shape index (κ2) is 6.24. The number of aliphatic hydroxyl groups excluding tert-OH is 1. The summed E-state index contributed by atoms with van der Waals surface area (Å²) in [6, 6.07) is 4.43. The first kappa shape index (κ1) is 17.1. The number of phenolic OH excluding ortho intramolecular Hbond substituents is 1. The lowest BCUT2D eigenvalue weighted by Crippen LogP contribution is -2.44. The Balaban J connectivity index is 1.46. The van der Waals surface area contributed by atoms with E-state index in [1.807, 2.05) is 0 Å². The predicted molar refractivity (Wildman–Crippen MR) is 103 cm³/mol. The number of aromatic hydroxyl groups is 1. The molecule has 1 aliphatic heterocycles. The molecule has 0 amide bonds. The van der Waals surface area contributed by atoms with Crippen molar-refractivity contribution in [2.24, 2.45) is 17.3 Å². The second-order valence-electron chi connectivity index (χ2n) is 9.72. The molecule has 0 bridgehead atoms. The van der Waals surface area contributed by atoms with Gasteiger partial charge in [-0.05, 0) is 105 Å². The Morgan fingerprint density at radius 2 is 1.92 bits per heavy atom. The van der Waals surface area contributed by atoms with Crippen molar-refractivity contribution in [2.45, 2.75) is 76.9 Å². The van der Waals surface area contributed by atoms with Gasteiger partial charge < -0.3 is 10.2 Å². The number of hydrogen-bond acceptors (Lipinski definition) is 3. The monoisotopic (exact) mass is 355 g/mol. The molecule has 5 rings (SSSR count). The van der Waals surface area contributed by atoms with Crippen LogP contribution in [0.5, 0.6) is 5.75 Å². The topological polar surface area (TPSA) is 43.7 Å². The Morgan fingerprint density at radius 1 is 1.12 bits per heavy atom. The summed E-state index contributed by atoms with van der Waals surface area (Å²) in [4.78, 5) is 2.48. The zero-order chi connectivity index (χ0) is 17.9. The van der Waals surface area contributed by atoms with Gasteiger partial charge >= 0.3 is 0 Å². The van der Waals surface area contributed by atoms with Gasteiger partial charge in [0.15, 0.2) is 0 Å². The van der Waals surface area contributed by atoms with Gasteiger partial charge in [-0.3, -0.25) is 4.90 Å². The molecule has 0 aromatic heterocycles. The molecule has 5 atom stereocenters. The molecule has 1 aromatic rings. The van der Waals surface area contributed by atoms with Crippen LogP contribution in [0.25, 0.3) is 0 Å². The Hall–Kier alpha value is -1.06. The molecule has 2 N–H and O–H groups in total. The summed E-state index contributed by atoms with van der Waals surface area (Å²) < 4.78 is 0. The zero-order valence-corrected chi connectivity index (χ0v) is 16.1. The fourth-order valence-electron chi connectivity index (χ4n) is 6.94. The van der Waals surface area contributed by atoms with Crippen LogP contribution in [0.1, 0.15) is 74.5 Å². The second-order valence-corrected chi connectivity index (χ2v) is 9.72. The third-order valence-corrected chi connectivity index (χ3v) is 8.47. The normalized spacial score (nSPS) is 39.5. The minimum Gasteiger partial charge on any atom is -0.508 e. The van der Waals surface area contributed by atoms with Crippen molar-refractivity contribution in [3.63, 3.8) is 0 Å². The average Bonchev–Trinajstić information content (AvgIpc) is 3.24. The third-order valence-electron chi connectivity index (χ3n) is 8.47. The third kappa shape index (κ3) is 2.54. The van der Waals surface area contributed by atoms with Gasteiger partial charge in [0.1, 0.15) is 5.75 Å². The van der Waals surface area contributed by atoms with Gasteiger partial charge in [0.25, 0.3) is 0 Å². The Bertz CT molecular complexity index is 696. The van der Waals surface area contributed by atoms with Crippen LogP contribution in [0.3, 0.4) is 0 Å². The molecule has 1 aromatic carbocycles. The molecule has 3 heteroatoms. The molecule has 4 aliphatic rings. The summed E-state index contributed by atoms with van der Waals surface area (Å²) in [5, 5.41) is 21.2. The number of phenols is 1. The smallest absolute Gasteiger partial charge is 0.120 e. The highest BCUT2D eigenvalue weighted by atomic mass is 16.3. The number of rotatable bonds is 2. The molecular formula is C23H33NO2. The number of aryl methyl sites for hydroxylation is 1. The van der Waals surface area contributed by atoms with Crippen LogP contribution in [0.2, 0.25) is 0 Å². The van der Waals surface area contributed by atoms with Gasteiger partial charge in [-0.15, -0.1) is 0 Å². The van der Waals surface area contributed by atoms with Gasteiger partial charge in [-0.25, -0.2) is 0 Å². The van der Waals surface area contributed by atoms with E-state index in [1.165, 1.54) is 56.3 Å². The minimum absolute atomic E-state index is 0.0969. The van der Waals surface area contributed by atoms with Crippen LogP contribution in [0.15, 0.2) is 12.1 Å². The molecule has 26 heavy (non-hydrogen) atoms. The van der Waals surface area contributed by atoms with Gasteiger partial charge in [0, 0.05) is 12.1 Å². The van der Waals surface area contributed by atoms with E-state index in [1.54, 1.807) is 0 Å². The lowest BCUT2D eigenvalue weighted by molar-refractivity contribution is -0.0226. The first-order valence-corrected chi connectivity index (χ1v) is 10.8. The Labute approximate surface area is 157 Å². The Kier molecular flexibility index (Phi) is 4.09. The van der Waals surface area contributed by atoms with Gasteiger partial charge in [0.2, 0.25) is 0 Å². The van der Waals surface area contributed by atoms with Crippen molar-refractivity contribution in [1.29, 1.82) is 0 Å². The van der Waals surface area contributed by atoms with Crippen molar-refractivity contribution in [3.05, 3.63) is 28.8 Å². The number of nitrogens with zero attached hydrogens (tertiary/aromatic N) is 1. The minimum atomic E-state index is -0.0969. The number of hydrogen-bond donors (Lipinski definition) is 2. The first-order valence-electron chi connectivity index (χ1n) is 10.8. The SMILES string of the molecule is C[C@]12CC[C@H]3c4cc(CN5CCCC5)c(O)cc4CC[C@@H]3[C@@H]1CC[C@@H]2O. The van der Waals surface area contributed by atoms with Crippen molar-refractivity contribution < 1.29 is 10.2 Å². The first-order chi connectivity index (χ1) is 12.6. The molecule has 3 aliphatic carbocycles. The predicted octanol–water partition coefficient (Wildman–Crippen LogP) is 4.21. The lowest BCUT2D eigenvalue weighted by atomic mass is 9.55. The molecule has 0 radical (unpaired) electrons. The fourth-order valence-corrected chi connectivity index (χ4v) is 6.94. The van der Waals surface area contributed by atoms with Crippen LogP contribution < -0.4 is 0 Å². The molecule has 142 valence electrons. The van der Waals surface area contributed by atoms with E-state index in [4.69, 9.17) is 0 Å². The summed E-state index contributed by atoms with van der Waals surface area (Å²) in [5.41, 5.74) is 4.19. The summed E-state index contributed by atoms with van der Waals surface area (Å²) in [6.45, 7) is 5.58. The quantitative estimate of drug-likeness (QED) is 0.835. The molecule has 2 saturated carbocycles. The van der Waals surface area contributed by atoms with Crippen LogP contribution in [-0.2, 0) is 13.0 Å². The molecule has 1 heterocycles. The average molecular weight is 356 g/mol. The van der Waals surface area contributed by atoms with Crippen LogP contribution >= 0.6 is 0 Å². The van der Waals surface area contributed by atoms with E-state index in [-0.39, 0.29) is 11.5 Å². The van der Waals surface area contributed by atoms with E-state index >= 15 is 0 Å². The maximum Gasteiger partial charge on any atom is 0.120 e. The standard InChI is InChI=1S/C23H33NO2/c1-23-9-8-17-18(20(23)6-7-22(23)26)5-4-15-13-21(25)16(12-19(15)17)14-24-10-2-3-11-24/h12-13,17-18,20,22,25-26H,2-11,14H2,1H3/t17-,18+,20+,22+,23+/m1/s1. The maximum atomic E-state index is 10.6. The van der Waals surface area contributed by atoms with Gasteiger partial charge in [0.05, 0.1) is 6.10 Å². The number of fused-ring (bicyclic) bond motifs is 5. The van der Waals surface area contributed by atoms with Crippen molar-refractivity contribution >= 4 is 0 Å². The zero-order valence-electron chi connectivity index (χ0n) is 16.1. The summed E-state index contributed by atoms with van der Waals surface area (Å²) >= 11 is 0. The molecule has 0 unspecified atom stereocenters. The fraction of sp³-hybridized carbons (Fsp3) is 0.739.